The normalized spacial score (nSPS) is 10.9. The molecule has 1 amide bonds. The molecule has 2 aromatic rings. The van der Waals surface area contributed by atoms with Gasteiger partial charge in [0, 0.05) is 16.4 Å². The molecule has 1 heterocycles. The third-order valence-electron chi connectivity index (χ3n) is 3.26. The third-order valence-corrected chi connectivity index (χ3v) is 4.15. The first-order chi connectivity index (χ1) is 9.22. The van der Waals surface area contributed by atoms with E-state index in [1.54, 1.807) is 11.3 Å². The zero-order chi connectivity index (χ0) is 13.7. The van der Waals surface area contributed by atoms with Crippen molar-refractivity contribution in [1.82, 2.24) is 5.32 Å². The molecule has 19 heavy (non-hydrogen) atoms. The van der Waals surface area contributed by atoms with Crippen molar-refractivity contribution in [3.63, 3.8) is 0 Å². The van der Waals surface area contributed by atoms with Crippen LogP contribution in [-0.4, -0.2) is 18.5 Å². The zero-order valence-corrected chi connectivity index (χ0v) is 12.2. The molecular formula is C15H20N2OS. The largest absolute Gasteiger partial charge is 0.376 e. The van der Waals surface area contributed by atoms with Crippen molar-refractivity contribution in [2.24, 2.45) is 0 Å². The van der Waals surface area contributed by atoms with Crippen molar-refractivity contribution in [3.05, 3.63) is 29.6 Å². The zero-order valence-electron chi connectivity index (χ0n) is 11.4. The van der Waals surface area contributed by atoms with Gasteiger partial charge in [0.05, 0.1) is 6.54 Å². The molecule has 0 saturated heterocycles. The molecule has 0 aliphatic heterocycles. The second-order valence-electron chi connectivity index (χ2n) is 4.61. The molecule has 4 heteroatoms. The molecule has 2 rings (SSSR count). The molecule has 0 spiro atoms. The number of anilines is 1. The Labute approximate surface area is 118 Å². The molecule has 2 N–H and O–H groups in total. The van der Waals surface area contributed by atoms with Gasteiger partial charge in [0.2, 0.25) is 5.91 Å². The van der Waals surface area contributed by atoms with Crippen LogP contribution in [0.4, 0.5) is 5.69 Å². The molecule has 1 aromatic carbocycles. The summed E-state index contributed by atoms with van der Waals surface area (Å²) >= 11 is 1.73. The van der Waals surface area contributed by atoms with Crippen LogP contribution in [0, 0.1) is 0 Å². The summed E-state index contributed by atoms with van der Waals surface area (Å²) in [6.45, 7) is 4.50. The number of carbonyl (C=O) groups excluding carboxylic acids is 1. The van der Waals surface area contributed by atoms with E-state index >= 15 is 0 Å². The first kappa shape index (κ1) is 13.9. The average Bonchev–Trinajstić information content (AvgIpc) is 2.89. The quantitative estimate of drug-likeness (QED) is 0.846. The van der Waals surface area contributed by atoms with Gasteiger partial charge in [-0.25, -0.2) is 0 Å². The lowest BCUT2D eigenvalue weighted by atomic mass is 10.2. The Balaban J connectivity index is 1.89. The molecule has 0 fully saturated rings. The Kier molecular flexibility index (Phi) is 4.80. The highest BCUT2D eigenvalue weighted by molar-refractivity contribution is 7.17. The highest BCUT2D eigenvalue weighted by Gasteiger charge is 2.07. The van der Waals surface area contributed by atoms with Crippen molar-refractivity contribution in [2.45, 2.75) is 32.7 Å². The number of nitrogens with one attached hydrogen (secondary N) is 2. The molecule has 0 atom stereocenters. The van der Waals surface area contributed by atoms with Crippen LogP contribution in [0.2, 0.25) is 0 Å². The van der Waals surface area contributed by atoms with Crippen molar-refractivity contribution in [2.75, 3.05) is 11.9 Å². The molecule has 0 bridgehead atoms. The molecule has 0 aliphatic carbocycles. The minimum atomic E-state index is 0.0547. The van der Waals surface area contributed by atoms with Gasteiger partial charge in [0.25, 0.3) is 0 Å². The molecule has 1 aromatic heterocycles. The summed E-state index contributed by atoms with van der Waals surface area (Å²) in [6, 6.07) is 8.56. The van der Waals surface area contributed by atoms with E-state index in [0.717, 1.165) is 18.5 Å². The van der Waals surface area contributed by atoms with E-state index in [-0.39, 0.29) is 11.9 Å². The fraction of sp³-hybridized carbons (Fsp3) is 0.400. The van der Waals surface area contributed by atoms with Gasteiger partial charge >= 0.3 is 0 Å². The minimum absolute atomic E-state index is 0.0547. The standard InChI is InChI=1S/C15H20N2OS/c1-3-12(4-2)17-15(18)10-16-13-5-6-14-11(9-13)7-8-19-14/h5-9,12,16H,3-4,10H2,1-2H3,(H,17,18). The first-order valence-corrected chi connectivity index (χ1v) is 7.61. The summed E-state index contributed by atoms with van der Waals surface area (Å²) in [5, 5.41) is 9.49. The summed E-state index contributed by atoms with van der Waals surface area (Å²) in [5.74, 6) is 0.0547. The van der Waals surface area contributed by atoms with E-state index in [4.69, 9.17) is 0 Å². The average molecular weight is 276 g/mol. The van der Waals surface area contributed by atoms with Crippen LogP contribution in [0.3, 0.4) is 0 Å². The number of thiophene rings is 1. The maximum atomic E-state index is 11.8. The summed E-state index contributed by atoms with van der Waals surface area (Å²) in [5.41, 5.74) is 0.991. The summed E-state index contributed by atoms with van der Waals surface area (Å²) < 4.78 is 1.27. The maximum absolute atomic E-state index is 11.8. The van der Waals surface area contributed by atoms with Crippen LogP contribution in [-0.2, 0) is 4.79 Å². The SMILES string of the molecule is CCC(CC)NC(=O)CNc1ccc2sccc2c1. The Hall–Kier alpha value is -1.55. The molecule has 3 nitrogen and oxygen atoms in total. The van der Waals surface area contributed by atoms with Gasteiger partial charge in [0.1, 0.15) is 0 Å². The number of carbonyl (C=O) groups is 1. The molecule has 102 valence electrons. The number of hydrogen-bond acceptors (Lipinski definition) is 3. The minimum Gasteiger partial charge on any atom is -0.376 e. The van der Waals surface area contributed by atoms with Gasteiger partial charge < -0.3 is 10.6 Å². The highest BCUT2D eigenvalue weighted by Crippen LogP contribution is 2.23. The van der Waals surface area contributed by atoms with Gasteiger partial charge in [-0.05, 0) is 47.9 Å². The maximum Gasteiger partial charge on any atom is 0.239 e. The van der Waals surface area contributed by atoms with E-state index in [1.165, 1.54) is 10.1 Å². The Morgan fingerprint density at radius 3 is 2.79 bits per heavy atom. The van der Waals surface area contributed by atoms with Crippen molar-refractivity contribution in [1.29, 1.82) is 0 Å². The van der Waals surface area contributed by atoms with Crippen LogP contribution < -0.4 is 10.6 Å². The van der Waals surface area contributed by atoms with Crippen molar-refractivity contribution < 1.29 is 4.79 Å². The lowest BCUT2D eigenvalue weighted by molar-refractivity contribution is -0.120. The summed E-state index contributed by atoms with van der Waals surface area (Å²) in [6.07, 6.45) is 1.95. The second-order valence-corrected chi connectivity index (χ2v) is 5.56. The van der Waals surface area contributed by atoms with Crippen LogP contribution in [0.25, 0.3) is 10.1 Å². The third kappa shape index (κ3) is 3.70. The summed E-state index contributed by atoms with van der Waals surface area (Å²) in [7, 11) is 0. The van der Waals surface area contributed by atoms with Gasteiger partial charge in [-0.15, -0.1) is 11.3 Å². The lowest BCUT2D eigenvalue weighted by Crippen LogP contribution is -2.37. The fourth-order valence-corrected chi connectivity index (χ4v) is 2.80. The highest BCUT2D eigenvalue weighted by atomic mass is 32.1. The van der Waals surface area contributed by atoms with Gasteiger partial charge in [-0.1, -0.05) is 13.8 Å². The van der Waals surface area contributed by atoms with E-state index in [1.807, 2.05) is 6.07 Å². The Bertz CT molecular complexity index is 546. The lowest BCUT2D eigenvalue weighted by Gasteiger charge is -2.15. The topological polar surface area (TPSA) is 41.1 Å². The van der Waals surface area contributed by atoms with E-state index in [0.29, 0.717) is 6.54 Å². The van der Waals surface area contributed by atoms with Crippen LogP contribution in [0.15, 0.2) is 29.6 Å². The Morgan fingerprint density at radius 2 is 2.05 bits per heavy atom. The molecule has 0 radical (unpaired) electrons. The molecular weight excluding hydrogens is 256 g/mol. The number of benzene rings is 1. The summed E-state index contributed by atoms with van der Waals surface area (Å²) in [4.78, 5) is 11.8. The number of fused-ring (bicyclic) bond motifs is 1. The van der Waals surface area contributed by atoms with E-state index in [2.05, 4.69) is 48.1 Å². The Morgan fingerprint density at radius 1 is 1.26 bits per heavy atom. The smallest absolute Gasteiger partial charge is 0.239 e. The predicted octanol–water partition coefficient (Wildman–Crippen LogP) is 3.62. The van der Waals surface area contributed by atoms with Gasteiger partial charge in [-0.3, -0.25) is 4.79 Å². The van der Waals surface area contributed by atoms with Crippen LogP contribution in [0.1, 0.15) is 26.7 Å². The molecule has 0 unspecified atom stereocenters. The predicted molar refractivity (Wildman–Crippen MR) is 82.8 cm³/mol. The van der Waals surface area contributed by atoms with Gasteiger partial charge in [0.15, 0.2) is 0 Å². The number of rotatable bonds is 6. The molecule has 0 saturated carbocycles. The second kappa shape index (κ2) is 6.57. The monoisotopic (exact) mass is 276 g/mol. The van der Waals surface area contributed by atoms with Crippen molar-refractivity contribution in [3.8, 4) is 0 Å². The number of hydrogen-bond donors (Lipinski definition) is 2. The van der Waals surface area contributed by atoms with Crippen LogP contribution in [0.5, 0.6) is 0 Å². The number of amides is 1. The fourth-order valence-electron chi connectivity index (χ4n) is 2.03. The van der Waals surface area contributed by atoms with E-state index < -0.39 is 0 Å². The van der Waals surface area contributed by atoms with Crippen LogP contribution >= 0.6 is 11.3 Å². The van der Waals surface area contributed by atoms with Crippen molar-refractivity contribution >= 4 is 33.0 Å². The first-order valence-electron chi connectivity index (χ1n) is 6.73. The molecule has 0 aliphatic rings. The van der Waals surface area contributed by atoms with E-state index in [9.17, 15) is 4.79 Å². The van der Waals surface area contributed by atoms with Gasteiger partial charge in [-0.2, -0.15) is 0 Å².